The Morgan fingerprint density at radius 2 is 1.94 bits per heavy atom. The zero-order valence-electron chi connectivity index (χ0n) is 18.5. The third-order valence-electron chi connectivity index (χ3n) is 4.72. The SMILES string of the molecule is COc1ccc(CNC(=O)Nc2n[nH]c3c2CCN(C(=O)OC(C)(C)C)C3)cc1OC. The molecule has 1 aromatic carbocycles. The zero-order valence-corrected chi connectivity index (χ0v) is 18.5. The monoisotopic (exact) mass is 431 g/mol. The molecule has 0 atom stereocenters. The molecule has 0 unspecified atom stereocenters. The van der Waals surface area contributed by atoms with Crippen molar-refractivity contribution in [3.8, 4) is 11.5 Å². The molecule has 0 bridgehead atoms. The number of carbonyl (C=O) groups excluding carboxylic acids is 2. The number of rotatable bonds is 5. The number of ether oxygens (including phenoxy) is 3. The first-order chi connectivity index (χ1) is 14.7. The molecule has 1 aliphatic rings. The van der Waals surface area contributed by atoms with Crippen LogP contribution >= 0.6 is 0 Å². The van der Waals surface area contributed by atoms with Crippen molar-refractivity contribution in [1.82, 2.24) is 20.4 Å². The highest BCUT2D eigenvalue weighted by molar-refractivity contribution is 5.89. The van der Waals surface area contributed by atoms with E-state index < -0.39 is 5.60 Å². The average molecular weight is 431 g/mol. The van der Waals surface area contributed by atoms with E-state index in [1.54, 1.807) is 31.3 Å². The number of fused-ring (bicyclic) bond motifs is 1. The van der Waals surface area contributed by atoms with Crippen molar-refractivity contribution in [1.29, 1.82) is 0 Å². The second kappa shape index (κ2) is 9.15. The third kappa shape index (κ3) is 5.59. The minimum atomic E-state index is -0.552. The first-order valence-corrected chi connectivity index (χ1v) is 10.00. The van der Waals surface area contributed by atoms with Gasteiger partial charge in [0.2, 0.25) is 0 Å². The molecule has 1 aromatic heterocycles. The summed E-state index contributed by atoms with van der Waals surface area (Å²) in [5, 5.41) is 12.7. The van der Waals surface area contributed by atoms with Gasteiger partial charge in [0, 0.05) is 18.7 Å². The van der Waals surface area contributed by atoms with Gasteiger partial charge in [-0.3, -0.25) is 10.4 Å². The lowest BCUT2D eigenvalue weighted by Gasteiger charge is -2.29. The zero-order chi connectivity index (χ0) is 22.6. The summed E-state index contributed by atoms with van der Waals surface area (Å²) in [5.41, 5.74) is 1.99. The van der Waals surface area contributed by atoms with Crippen LogP contribution in [0, 0.1) is 0 Å². The van der Waals surface area contributed by atoms with Crippen LogP contribution in [-0.4, -0.2) is 53.6 Å². The van der Waals surface area contributed by atoms with Gasteiger partial charge in [0.1, 0.15) is 5.60 Å². The highest BCUT2D eigenvalue weighted by Gasteiger charge is 2.28. The highest BCUT2D eigenvalue weighted by Crippen LogP contribution is 2.28. The van der Waals surface area contributed by atoms with Crippen LogP contribution in [0.3, 0.4) is 0 Å². The van der Waals surface area contributed by atoms with Crippen LogP contribution in [0.2, 0.25) is 0 Å². The van der Waals surface area contributed by atoms with Crippen molar-refractivity contribution in [2.75, 3.05) is 26.1 Å². The molecule has 2 heterocycles. The summed E-state index contributed by atoms with van der Waals surface area (Å²) >= 11 is 0. The van der Waals surface area contributed by atoms with E-state index in [1.165, 1.54) is 0 Å². The number of aromatic amines is 1. The maximum absolute atomic E-state index is 12.4. The average Bonchev–Trinajstić information content (AvgIpc) is 3.12. The van der Waals surface area contributed by atoms with Gasteiger partial charge in [-0.25, -0.2) is 9.59 Å². The number of methoxy groups -OCH3 is 2. The molecule has 0 saturated carbocycles. The summed E-state index contributed by atoms with van der Waals surface area (Å²) in [6.45, 7) is 6.65. The van der Waals surface area contributed by atoms with Crippen molar-refractivity contribution in [2.24, 2.45) is 0 Å². The van der Waals surface area contributed by atoms with E-state index in [0.717, 1.165) is 16.8 Å². The van der Waals surface area contributed by atoms with Crippen molar-refractivity contribution < 1.29 is 23.8 Å². The predicted octanol–water partition coefficient (Wildman–Crippen LogP) is 3.04. The van der Waals surface area contributed by atoms with Crippen LogP contribution in [0.25, 0.3) is 0 Å². The number of anilines is 1. The van der Waals surface area contributed by atoms with Crippen LogP contribution in [0.1, 0.15) is 37.6 Å². The number of benzene rings is 1. The molecule has 0 fully saturated rings. The van der Waals surface area contributed by atoms with E-state index >= 15 is 0 Å². The second-order valence-corrected chi connectivity index (χ2v) is 8.18. The summed E-state index contributed by atoms with van der Waals surface area (Å²) in [6, 6.07) is 5.07. The number of hydrogen-bond acceptors (Lipinski definition) is 6. The fraction of sp³-hybridized carbons (Fsp3) is 0.476. The molecule has 31 heavy (non-hydrogen) atoms. The van der Waals surface area contributed by atoms with Crippen LogP contribution in [-0.2, 0) is 24.2 Å². The third-order valence-corrected chi connectivity index (χ3v) is 4.72. The Kier molecular flexibility index (Phi) is 6.57. The molecule has 168 valence electrons. The Morgan fingerprint density at radius 1 is 1.19 bits per heavy atom. The van der Waals surface area contributed by atoms with Gasteiger partial charge in [-0.2, -0.15) is 5.10 Å². The summed E-state index contributed by atoms with van der Waals surface area (Å²) in [7, 11) is 3.13. The molecule has 0 radical (unpaired) electrons. The van der Waals surface area contributed by atoms with Crippen molar-refractivity contribution in [3.05, 3.63) is 35.0 Å². The standard InChI is InChI=1S/C21H29N5O5/c1-21(2,3)31-20(28)26-9-8-14-15(12-26)24-25-18(14)23-19(27)22-11-13-6-7-16(29-4)17(10-13)30-5/h6-7,10H,8-9,11-12H2,1-5H3,(H3,22,23,24,25,27). The summed E-state index contributed by atoms with van der Waals surface area (Å²) < 4.78 is 15.9. The molecule has 0 spiro atoms. The quantitative estimate of drug-likeness (QED) is 0.670. The van der Waals surface area contributed by atoms with Gasteiger partial charge in [0.25, 0.3) is 0 Å². The Morgan fingerprint density at radius 3 is 2.61 bits per heavy atom. The van der Waals surface area contributed by atoms with Gasteiger partial charge < -0.3 is 24.4 Å². The van der Waals surface area contributed by atoms with Gasteiger partial charge >= 0.3 is 12.1 Å². The van der Waals surface area contributed by atoms with Gasteiger partial charge in [-0.1, -0.05) is 6.07 Å². The maximum atomic E-state index is 12.4. The minimum Gasteiger partial charge on any atom is -0.493 e. The Bertz CT molecular complexity index is 950. The molecular formula is C21H29N5O5. The van der Waals surface area contributed by atoms with E-state index in [-0.39, 0.29) is 12.1 Å². The Labute approximate surface area is 181 Å². The second-order valence-electron chi connectivity index (χ2n) is 8.18. The van der Waals surface area contributed by atoms with Crippen LogP contribution in [0.4, 0.5) is 15.4 Å². The first kappa shape index (κ1) is 22.3. The van der Waals surface area contributed by atoms with Crippen LogP contribution in [0.5, 0.6) is 11.5 Å². The number of nitrogens with zero attached hydrogens (tertiary/aromatic N) is 2. The lowest BCUT2D eigenvalue weighted by molar-refractivity contribution is 0.0221. The molecule has 3 rings (SSSR count). The topological polar surface area (TPSA) is 118 Å². The number of H-pyrrole nitrogens is 1. The fourth-order valence-electron chi connectivity index (χ4n) is 3.23. The van der Waals surface area contributed by atoms with E-state index in [0.29, 0.717) is 43.4 Å². The Balaban J connectivity index is 1.56. The van der Waals surface area contributed by atoms with Gasteiger partial charge in [-0.15, -0.1) is 0 Å². The number of nitrogens with one attached hydrogen (secondary N) is 3. The molecule has 10 heteroatoms. The normalized spacial score (nSPS) is 13.3. The molecule has 1 aliphatic heterocycles. The van der Waals surface area contributed by atoms with E-state index in [4.69, 9.17) is 14.2 Å². The van der Waals surface area contributed by atoms with Crippen molar-refractivity contribution in [3.63, 3.8) is 0 Å². The van der Waals surface area contributed by atoms with Crippen molar-refractivity contribution in [2.45, 2.75) is 45.9 Å². The minimum absolute atomic E-state index is 0.311. The number of urea groups is 1. The predicted molar refractivity (Wildman–Crippen MR) is 114 cm³/mol. The smallest absolute Gasteiger partial charge is 0.410 e. The summed E-state index contributed by atoms with van der Waals surface area (Å²) in [5.74, 6) is 1.68. The molecule has 2 aromatic rings. The maximum Gasteiger partial charge on any atom is 0.410 e. The van der Waals surface area contributed by atoms with Gasteiger partial charge in [0.15, 0.2) is 17.3 Å². The first-order valence-electron chi connectivity index (χ1n) is 10.00. The van der Waals surface area contributed by atoms with Crippen LogP contribution < -0.4 is 20.1 Å². The molecule has 10 nitrogen and oxygen atoms in total. The summed E-state index contributed by atoms with van der Waals surface area (Å²) in [4.78, 5) is 26.3. The highest BCUT2D eigenvalue weighted by atomic mass is 16.6. The van der Waals surface area contributed by atoms with Gasteiger partial charge in [0.05, 0.1) is 26.5 Å². The number of hydrogen-bond donors (Lipinski definition) is 3. The Hall–Kier alpha value is -3.43. The fourth-order valence-corrected chi connectivity index (χ4v) is 3.23. The van der Waals surface area contributed by atoms with E-state index in [9.17, 15) is 9.59 Å². The molecule has 3 amide bonds. The lowest BCUT2D eigenvalue weighted by Crippen LogP contribution is -2.40. The molecule has 0 aliphatic carbocycles. The summed E-state index contributed by atoms with van der Waals surface area (Å²) in [6.07, 6.45) is 0.200. The molecule has 3 N–H and O–H groups in total. The van der Waals surface area contributed by atoms with Gasteiger partial charge in [-0.05, 0) is 44.9 Å². The molecule has 0 saturated heterocycles. The van der Waals surface area contributed by atoms with Crippen LogP contribution in [0.15, 0.2) is 18.2 Å². The van der Waals surface area contributed by atoms with E-state index in [2.05, 4.69) is 20.8 Å². The molecular weight excluding hydrogens is 402 g/mol. The lowest BCUT2D eigenvalue weighted by atomic mass is 10.1. The van der Waals surface area contributed by atoms with Crippen molar-refractivity contribution >= 4 is 17.9 Å². The number of amides is 3. The number of carbonyl (C=O) groups is 2. The number of aromatic nitrogens is 2. The largest absolute Gasteiger partial charge is 0.493 e. The van der Waals surface area contributed by atoms with E-state index in [1.807, 2.05) is 26.8 Å².